The van der Waals surface area contributed by atoms with Crippen molar-refractivity contribution in [2.24, 2.45) is 12.8 Å². The van der Waals surface area contributed by atoms with Crippen molar-refractivity contribution in [3.05, 3.63) is 48.7 Å². The molecule has 0 aliphatic carbocycles. The van der Waals surface area contributed by atoms with E-state index in [0.29, 0.717) is 0 Å². The SMILES string of the molecule is C=CC[C@H](N)c1cn(C)c2ccccc12. The molecule has 15 heavy (non-hydrogen) atoms. The quantitative estimate of drug-likeness (QED) is 0.759. The van der Waals surface area contributed by atoms with Gasteiger partial charge in [0, 0.05) is 30.2 Å². The number of rotatable bonds is 3. The van der Waals surface area contributed by atoms with Crippen LogP contribution in [-0.4, -0.2) is 4.57 Å². The van der Waals surface area contributed by atoms with E-state index in [1.807, 2.05) is 25.3 Å². The molecule has 0 unspecified atom stereocenters. The van der Waals surface area contributed by atoms with Gasteiger partial charge in [-0.05, 0) is 18.1 Å². The van der Waals surface area contributed by atoms with E-state index in [9.17, 15) is 0 Å². The molecule has 2 nitrogen and oxygen atoms in total. The standard InChI is InChI=1S/C13H16N2/c1-3-6-12(14)11-9-15(2)13-8-5-4-7-10(11)13/h3-5,7-9,12H,1,6,14H2,2H3/t12-/m0/s1. The Bertz CT molecular complexity index is 482. The van der Waals surface area contributed by atoms with Crippen molar-refractivity contribution in [1.29, 1.82) is 0 Å². The van der Waals surface area contributed by atoms with Crippen molar-refractivity contribution in [2.75, 3.05) is 0 Å². The number of aryl methyl sites for hydroxylation is 1. The second kappa shape index (κ2) is 3.91. The van der Waals surface area contributed by atoms with Crippen molar-refractivity contribution in [1.82, 2.24) is 4.57 Å². The van der Waals surface area contributed by atoms with Crippen molar-refractivity contribution in [3.8, 4) is 0 Å². The normalized spacial score (nSPS) is 12.9. The molecule has 1 aromatic carbocycles. The lowest BCUT2D eigenvalue weighted by molar-refractivity contribution is 0.742. The van der Waals surface area contributed by atoms with E-state index < -0.39 is 0 Å². The highest BCUT2D eigenvalue weighted by molar-refractivity contribution is 5.84. The fourth-order valence-corrected chi connectivity index (χ4v) is 1.98. The minimum Gasteiger partial charge on any atom is -0.350 e. The summed E-state index contributed by atoms with van der Waals surface area (Å²) in [6.45, 7) is 3.73. The molecule has 0 aliphatic rings. The number of nitrogens with two attached hydrogens (primary N) is 1. The highest BCUT2D eigenvalue weighted by Gasteiger charge is 2.11. The summed E-state index contributed by atoms with van der Waals surface area (Å²) in [5.41, 5.74) is 8.53. The Morgan fingerprint density at radius 3 is 2.93 bits per heavy atom. The summed E-state index contributed by atoms with van der Waals surface area (Å²) >= 11 is 0. The van der Waals surface area contributed by atoms with Gasteiger partial charge in [-0.2, -0.15) is 0 Å². The zero-order chi connectivity index (χ0) is 10.8. The highest BCUT2D eigenvalue weighted by atomic mass is 14.9. The van der Waals surface area contributed by atoms with Crippen LogP contribution in [0.1, 0.15) is 18.0 Å². The Balaban J connectivity index is 2.56. The number of hydrogen-bond acceptors (Lipinski definition) is 1. The van der Waals surface area contributed by atoms with Crippen LogP contribution in [0.5, 0.6) is 0 Å². The average molecular weight is 200 g/mol. The van der Waals surface area contributed by atoms with Gasteiger partial charge in [-0.25, -0.2) is 0 Å². The molecule has 0 saturated heterocycles. The van der Waals surface area contributed by atoms with Gasteiger partial charge in [-0.1, -0.05) is 24.3 Å². The first-order valence-electron chi connectivity index (χ1n) is 5.14. The largest absolute Gasteiger partial charge is 0.350 e. The molecule has 0 aliphatic heterocycles. The summed E-state index contributed by atoms with van der Waals surface area (Å²) < 4.78 is 2.12. The van der Waals surface area contributed by atoms with Crippen molar-refractivity contribution < 1.29 is 0 Å². The summed E-state index contributed by atoms with van der Waals surface area (Å²) in [7, 11) is 2.05. The zero-order valence-electron chi connectivity index (χ0n) is 8.98. The molecule has 0 radical (unpaired) electrons. The predicted molar refractivity (Wildman–Crippen MR) is 64.7 cm³/mol. The Labute approximate surface area is 90.0 Å². The van der Waals surface area contributed by atoms with Crippen LogP contribution in [0.15, 0.2) is 43.1 Å². The molecule has 2 aromatic rings. The predicted octanol–water partition coefficient (Wildman–Crippen LogP) is 2.75. The van der Waals surface area contributed by atoms with Crippen LogP contribution < -0.4 is 5.73 Å². The lowest BCUT2D eigenvalue weighted by Crippen LogP contribution is -2.08. The van der Waals surface area contributed by atoms with Crippen molar-refractivity contribution in [2.45, 2.75) is 12.5 Å². The Kier molecular flexibility index (Phi) is 2.60. The number of fused-ring (bicyclic) bond motifs is 1. The lowest BCUT2D eigenvalue weighted by atomic mass is 10.0. The second-order valence-electron chi connectivity index (χ2n) is 3.84. The average Bonchev–Trinajstić information content (AvgIpc) is 2.58. The van der Waals surface area contributed by atoms with Crippen molar-refractivity contribution >= 4 is 10.9 Å². The molecule has 1 aromatic heterocycles. The minimum atomic E-state index is 0.0496. The van der Waals surface area contributed by atoms with Gasteiger partial charge in [0.25, 0.3) is 0 Å². The van der Waals surface area contributed by atoms with E-state index >= 15 is 0 Å². The number of nitrogens with zero attached hydrogens (tertiary/aromatic N) is 1. The molecule has 1 atom stereocenters. The van der Waals surface area contributed by atoms with E-state index in [2.05, 4.69) is 29.5 Å². The van der Waals surface area contributed by atoms with Gasteiger partial charge in [-0.15, -0.1) is 6.58 Å². The van der Waals surface area contributed by atoms with E-state index in [-0.39, 0.29) is 6.04 Å². The summed E-state index contributed by atoms with van der Waals surface area (Å²) in [5.74, 6) is 0. The van der Waals surface area contributed by atoms with Crippen LogP contribution in [-0.2, 0) is 7.05 Å². The van der Waals surface area contributed by atoms with Crippen LogP contribution in [0.3, 0.4) is 0 Å². The van der Waals surface area contributed by atoms with Crippen LogP contribution in [0.25, 0.3) is 10.9 Å². The maximum absolute atomic E-state index is 6.10. The van der Waals surface area contributed by atoms with Crippen LogP contribution in [0, 0.1) is 0 Å². The molecule has 1 heterocycles. The van der Waals surface area contributed by atoms with Gasteiger partial charge in [0.2, 0.25) is 0 Å². The summed E-state index contributed by atoms with van der Waals surface area (Å²) in [6.07, 6.45) is 4.79. The van der Waals surface area contributed by atoms with Gasteiger partial charge >= 0.3 is 0 Å². The van der Waals surface area contributed by atoms with Gasteiger partial charge in [0.1, 0.15) is 0 Å². The van der Waals surface area contributed by atoms with Gasteiger partial charge in [0.15, 0.2) is 0 Å². The number of aromatic nitrogens is 1. The molecule has 0 bridgehead atoms. The smallest absolute Gasteiger partial charge is 0.0481 e. The van der Waals surface area contributed by atoms with Crippen molar-refractivity contribution in [3.63, 3.8) is 0 Å². The van der Waals surface area contributed by atoms with Gasteiger partial charge < -0.3 is 10.3 Å². The third-order valence-corrected chi connectivity index (χ3v) is 2.75. The highest BCUT2D eigenvalue weighted by Crippen LogP contribution is 2.26. The van der Waals surface area contributed by atoms with Gasteiger partial charge in [0.05, 0.1) is 0 Å². The molecular formula is C13H16N2. The summed E-state index contributed by atoms with van der Waals surface area (Å²) in [5, 5.41) is 1.24. The number of benzene rings is 1. The number of para-hydroxylation sites is 1. The zero-order valence-corrected chi connectivity index (χ0v) is 8.98. The third-order valence-electron chi connectivity index (χ3n) is 2.75. The molecule has 2 N–H and O–H groups in total. The van der Waals surface area contributed by atoms with Crippen LogP contribution in [0.4, 0.5) is 0 Å². The van der Waals surface area contributed by atoms with E-state index in [1.165, 1.54) is 16.5 Å². The van der Waals surface area contributed by atoms with E-state index in [1.54, 1.807) is 0 Å². The molecule has 0 saturated carbocycles. The maximum Gasteiger partial charge on any atom is 0.0481 e. The van der Waals surface area contributed by atoms with E-state index in [0.717, 1.165) is 6.42 Å². The second-order valence-corrected chi connectivity index (χ2v) is 3.84. The maximum atomic E-state index is 6.10. The summed E-state index contributed by atoms with van der Waals surface area (Å²) in [6, 6.07) is 8.37. The van der Waals surface area contributed by atoms with Gasteiger partial charge in [-0.3, -0.25) is 0 Å². The fourth-order valence-electron chi connectivity index (χ4n) is 1.98. The minimum absolute atomic E-state index is 0.0496. The van der Waals surface area contributed by atoms with E-state index in [4.69, 9.17) is 5.73 Å². The molecule has 0 spiro atoms. The molecule has 0 fully saturated rings. The molecule has 0 amide bonds. The molecule has 2 heteroatoms. The third kappa shape index (κ3) is 1.68. The summed E-state index contributed by atoms with van der Waals surface area (Å²) in [4.78, 5) is 0. The molecule has 2 rings (SSSR count). The Morgan fingerprint density at radius 2 is 2.20 bits per heavy atom. The molecule has 78 valence electrons. The monoisotopic (exact) mass is 200 g/mol. The fraction of sp³-hybridized carbons (Fsp3) is 0.231. The number of hydrogen-bond donors (Lipinski definition) is 1. The Hall–Kier alpha value is -1.54. The molecular weight excluding hydrogens is 184 g/mol. The topological polar surface area (TPSA) is 30.9 Å². The first-order chi connectivity index (χ1) is 7.24. The first-order valence-corrected chi connectivity index (χ1v) is 5.14. The Morgan fingerprint density at radius 1 is 1.47 bits per heavy atom. The van der Waals surface area contributed by atoms with Crippen LogP contribution in [0.2, 0.25) is 0 Å². The lowest BCUT2D eigenvalue weighted by Gasteiger charge is -2.06. The van der Waals surface area contributed by atoms with Crippen LogP contribution >= 0.6 is 0 Å². The first kappa shape index (κ1) is 9.99.